The van der Waals surface area contributed by atoms with Gasteiger partial charge in [0, 0.05) is 28.6 Å². The molecule has 0 bridgehead atoms. The van der Waals surface area contributed by atoms with Gasteiger partial charge in [-0.15, -0.1) is 0 Å². The van der Waals surface area contributed by atoms with Crippen LogP contribution in [0.15, 0.2) is 87.5 Å². The second-order valence-corrected chi connectivity index (χ2v) is 14.0. The summed E-state index contributed by atoms with van der Waals surface area (Å²) in [5, 5.41) is 18.3. The number of nitro groups is 1. The molecule has 6 rings (SSSR count). The average Bonchev–Trinajstić information content (AvgIpc) is 3.47. The monoisotopic (exact) mass is 681 g/mol. The molecule has 1 saturated heterocycles. The minimum absolute atomic E-state index is 0.136. The summed E-state index contributed by atoms with van der Waals surface area (Å²) in [6, 6.07) is 17.2. The van der Waals surface area contributed by atoms with Crippen molar-refractivity contribution in [3.05, 3.63) is 103 Å². The van der Waals surface area contributed by atoms with Crippen LogP contribution in [0.3, 0.4) is 0 Å². The van der Waals surface area contributed by atoms with E-state index in [-0.39, 0.29) is 22.0 Å². The molecular weight excluding hydrogens is 659 g/mol. The number of methoxy groups -OCH3 is 1. The number of hydrogen-bond donors (Lipinski definition) is 2. The molecule has 236 valence electrons. The van der Waals surface area contributed by atoms with Gasteiger partial charge >= 0.3 is 4.87 Å². The van der Waals surface area contributed by atoms with Gasteiger partial charge in [0.15, 0.2) is 0 Å². The third kappa shape index (κ3) is 5.57. The molecule has 14 nitrogen and oxygen atoms in total. The topological polar surface area (TPSA) is 201 Å². The molecule has 0 radical (unpaired) electrons. The lowest BCUT2D eigenvalue weighted by Gasteiger charge is -2.30. The number of nitrogens with one attached hydrogen (secondary N) is 1. The number of benzene rings is 3. The number of fused-ring (bicyclic) bond motifs is 2. The largest absolute Gasteiger partial charge is 0.497 e. The summed E-state index contributed by atoms with van der Waals surface area (Å²) in [6.45, 7) is -0.421. The van der Waals surface area contributed by atoms with E-state index in [0.717, 1.165) is 28.0 Å². The highest BCUT2D eigenvalue weighted by Crippen LogP contribution is 2.54. The van der Waals surface area contributed by atoms with E-state index >= 15 is 0 Å². The number of rotatable bonds is 8. The molecule has 46 heavy (non-hydrogen) atoms. The molecule has 3 aromatic carbocycles. The number of thiazole rings is 1. The van der Waals surface area contributed by atoms with Crippen molar-refractivity contribution in [1.82, 2.24) is 4.57 Å². The summed E-state index contributed by atoms with van der Waals surface area (Å²) in [5.74, 6) is -2.73. The van der Waals surface area contributed by atoms with E-state index in [9.17, 15) is 37.7 Å². The maximum Gasteiger partial charge on any atom is 0.308 e. The van der Waals surface area contributed by atoms with Crippen LogP contribution in [-0.2, 0) is 31.0 Å². The number of hydrogen-bond acceptors (Lipinski definition) is 11. The number of carbonyl (C=O) groups excluding carboxylic acids is 3. The van der Waals surface area contributed by atoms with E-state index in [1.165, 1.54) is 60.2 Å². The van der Waals surface area contributed by atoms with Gasteiger partial charge in [-0.2, -0.15) is 0 Å². The fraction of sp³-hybridized carbons (Fsp3) is 0.172. The first-order valence-corrected chi connectivity index (χ1v) is 16.7. The maximum absolute atomic E-state index is 14.0. The summed E-state index contributed by atoms with van der Waals surface area (Å²) in [5.41, 5.74) is 0.902. The first kappa shape index (κ1) is 31.2. The van der Waals surface area contributed by atoms with Gasteiger partial charge < -0.3 is 10.1 Å². The summed E-state index contributed by atoms with van der Waals surface area (Å²) in [4.78, 5) is 65.7. The minimum Gasteiger partial charge on any atom is -0.497 e. The summed E-state index contributed by atoms with van der Waals surface area (Å²) >= 11 is 1.90. The minimum atomic E-state index is -3.93. The van der Waals surface area contributed by atoms with Gasteiger partial charge in [0.1, 0.15) is 17.5 Å². The molecule has 2 aliphatic heterocycles. The zero-order chi connectivity index (χ0) is 32.9. The Bertz CT molecular complexity index is 2060. The quantitative estimate of drug-likeness (QED) is 0.158. The SMILES string of the molecule is COc1ccc([C@H]2c3sc(=O)n(CC(=O)Nc4ccc(S(N)(=O)=O)cc4)c3SC3C(=O)N(c4ccc([N+](=O)[O-])cc4)C(=O)C32)cc1. The normalized spacial score (nSPS) is 19.0. The number of non-ortho nitro benzene ring substituents is 1. The third-order valence-corrected chi connectivity index (χ3v) is 11.1. The number of ether oxygens (including phenoxy) is 1. The second-order valence-electron chi connectivity index (χ2n) is 10.3. The van der Waals surface area contributed by atoms with Gasteiger partial charge in [-0.25, -0.2) is 18.5 Å². The Morgan fingerprint density at radius 3 is 2.24 bits per heavy atom. The number of thioether (sulfide) groups is 1. The highest BCUT2D eigenvalue weighted by atomic mass is 32.2. The molecule has 0 aliphatic carbocycles. The Kier molecular flexibility index (Phi) is 8.01. The number of imide groups is 1. The van der Waals surface area contributed by atoms with Crippen molar-refractivity contribution in [2.45, 2.75) is 27.6 Å². The average molecular weight is 682 g/mol. The van der Waals surface area contributed by atoms with Crippen LogP contribution in [0.4, 0.5) is 17.1 Å². The van der Waals surface area contributed by atoms with Crippen LogP contribution < -0.4 is 25.0 Å². The Hall–Kier alpha value is -4.84. The number of aromatic nitrogens is 1. The van der Waals surface area contributed by atoms with E-state index in [1.54, 1.807) is 24.3 Å². The summed E-state index contributed by atoms with van der Waals surface area (Å²) in [6.07, 6.45) is 0. The van der Waals surface area contributed by atoms with Crippen molar-refractivity contribution in [2.24, 2.45) is 11.1 Å². The first-order valence-electron chi connectivity index (χ1n) is 13.5. The van der Waals surface area contributed by atoms with Crippen molar-refractivity contribution in [2.75, 3.05) is 17.3 Å². The molecule has 3 amide bonds. The molecule has 3 N–H and O–H groups in total. The number of nitrogens with zero attached hydrogens (tertiary/aromatic N) is 3. The molecule has 1 fully saturated rings. The van der Waals surface area contributed by atoms with E-state index in [0.29, 0.717) is 21.2 Å². The van der Waals surface area contributed by atoms with Crippen LogP contribution in [0.5, 0.6) is 5.75 Å². The number of anilines is 2. The van der Waals surface area contributed by atoms with E-state index in [4.69, 9.17) is 9.88 Å². The Morgan fingerprint density at radius 2 is 1.65 bits per heavy atom. The number of carbonyl (C=O) groups is 3. The standard InChI is InChI=1S/C29H23N5O9S3/c1-43-19-10-2-15(3-11-19)22-23-24(27(37)33(26(23)36)17-6-8-18(9-7-17)34(39)40)44-28-25(22)45-29(38)32(28)14-21(35)31-16-4-12-20(13-5-16)46(30,41)42/h2-13,22-24H,14H2,1H3,(H,31,35)(H2,30,41,42)/t22-,23?,24?/m1/s1. The number of amides is 3. The van der Waals surface area contributed by atoms with Gasteiger partial charge in [-0.1, -0.05) is 35.2 Å². The summed E-state index contributed by atoms with van der Waals surface area (Å²) in [7, 11) is -2.42. The zero-order valence-corrected chi connectivity index (χ0v) is 26.1. The lowest BCUT2D eigenvalue weighted by Crippen LogP contribution is -2.33. The smallest absolute Gasteiger partial charge is 0.308 e. The van der Waals surface area contributed by atoms with Crippen molar-refractivity contribution in [3.63, 3.8) is 0 Å². The van der Waals surface area contributed by atoms with Crippen LogP contribution in [0.25, 0.3) is 0 Å². The van der Waals surface area contributed by atoms with Gasteiger partial charge in [0.25, 0.3) is 5.69 Å². The molecule has 0 spiro atoms. The predicted octanol–water partition coefficient (Wildman–Crippen LogP) is 2.91. The molecule has 2 aliphatic rings. The zero-order valence-electron chi connectivity index (χ0n) is 23.7. The first-order chi connectivity index (χ1) is 21.9. The number of nitrogens with two attached hydrogens (primary N) is 1. The molecule has 0 saturated carbocycles. The molecule has 3 atom stereocenters. The van der Waals surface area contributed by atoms with Crippen molar-refractivity contribution < 1.29 is 32.5 Å². The van der Waals surface area contributed by atoms with Gasteiger partial charge in [-0.05, 0) is 54.1 Å². The Labute approximate surface area is 269 Å². The van der Waals surface area contributed by atoms with Crippen LogP contribution in [0.1, 0.15) is 16.4 Å². The molecule has 3 heterocycles. The highest BCUT2D eigenvalue weighted by Gasteiger charge is 2.56. The van der Waals surface area contributed by atoms with Crippen molar-refractivity contribution in [1.29, 1.82) is 0 Å². The molecular formula is C29H23N5O9S3. The molecule has 1 aromatic heterocycles. The number of nitro benzene ring substituents is 1. The molecule has 17 heteroatoms. The van der Waals surface area contributed by atoms with Crippen LogP contribution >= 0.6 is 23.1 Å². The Morgan fingerprint density at radius 1 is 1.00 bits per heavy atom. The lowest BCUT2D eigenvalue weighted by molar-refractivity contribution is -0.384. The fourth-order valence-corrected chi connectivity index (χ4v) is 8.76. The summed E-state index contributed by atoms with van der Waals surface area (Å²) < 4.78 is 29.6. The fourth-order valence-electron chi connectivity index (χ4n) is 5.48. The van der Waals surface area contributed by atoms with Crippen molar-refractivity contribution in [3.8, 4) is 5.75 Å². The van der Waals surface area contributed by atoms with E-state index in [1.807, 2.05) is 0 Å². The third-order valence-electron chi connectivity index (χ3n) is 7.61. The molecule has 2 unspecified atom stereocenters. The highest BCUT2D eigenvalue weighted by molar-refractivity contribution is 8.00. The lowest BCUT2D eigenvalue weighted by atomic mass is 9.83. The Balaban J connectivity index is 1.36. The van der Waals surface area contributed by atoms with E-state index in [2.05, 4.69) is 5.32 Å². The van der Waals surface area contributed by atoms with E-state index < -0.39 is 61.2 Å². The number of sulfonamides is 1. The predicted molar refractivity (Wildman–Crippen MR) is 169 cm³/mol. The van der Waals surface area contributed by atoms with Gasteiger partial charge in [-0.3, -0.25) is 33.9 Å². The van der Waals surface area contributed by atoms with Crippen LogP contribution in [0, 0.1) is 16.0 Å². The number of primary sulfonamides is 1. The van der Waals surface area contributed by atoms with Crippen LogP contribution in [-0.4, -0.2) is 48.0 Å². The van der Waals surface area contributed by atoms with Crippen molar-refractivity contribution >= 4 is 67.9 Å². The maximum atomic E-state index is 14.0. The second kappa shape index (κ2) is 11.8. The van der Waals surface area contributed by atoms with Gasteiger partial charge in [0.05, 0.1) is 33.6 Å². The van der Waals surface area contributed by atoms with Crippen LogP contribution in [0.2, 0.25) is 0 Å². The van der Waals surface area contributed by atoms with Gasteiger partial charge in [0.2, 0.25) is 27.7 Å². The molecule has 4 aromatic rings.